The third kappa shape index (κ3) is 3.54. The van der Waals surface area contributed by atoms with Gasteiger partial charge in [-0.25, -0.2) is 0 Å². The van der Waals surface area contributed by atoms with Gasteiger partial charge in [0.15, 0.2) is 5.75 Å². The van der Waals surface area contributed by atoms with Gasteiger partial charge in [-0.2, -0.15) is 9.05 Å². The third-order valence-corrected chi connectivity index (χ3v) is 5.54. The zero-order valence-corrected chi connectivity index (χ0v) is 12.4. The van der Waals surface area contributed by atoms with Crippen LogP contribution in [0.15, 0.2) is 23.1 Å². The van der Waals surface area contributed by atoms with Gasteiger partial charge in [0, 0.05) is 4.90 Å². The number of aryl methyl sites for hydroxylation is 1. The van der Waals surface area contributed by atoms with E-state index in [0.29, 0.717) is 5.75 Å². The smallest absolute Gasteiger partial charge is 0.275 e. The van der Waals surface area contributed by atoms with E-state index >= 15 is 0 Å². The van der Waals surface area contributed by atoms with E-state index in [0.717, 1.165) is 5.56 Å². The molecule has 0 unspecified atom stereocenters. The Kier molecular flexibility index (Phi) is 5.41. The Hall–Kier alpha value is 0.0700. The summed E-state index contributed by atoms with van der Waals surface area (Å²) in [5, 5.41) is 0. The van der Waals surface area contributed by atoms with E-state index in [2.05, 4.69) is 12.2 Å². The molecule has 0 fully saturated rings. The maximum absolute atomic E-state index is 5.60. The highest BCUT2D eigenvalue weighted by molar-refractivity contribution is 8.47. The van der Waals surface area contributed by atoms with Crippen LogP contribution in [0.5, 0.6) is 5.75 Å². The predicted molar refractivity (Wildman–Crippen MR) is 73.5 cm³/mol. The van der Waals surface area contributed by atoms with Crippen LogP contribution in [0, 0.1) is 6.92 Å². The minimum Gasteiger partial charge on any atom is -0.275 e. The van der Waals surface area contributed by atoms with Crippen LogP contribution in [0.1, 0.15) is 5.56 Å². The van der Waals surface area contributed by atoms with Crippen LogP contribution in [0.3, 0.4) is 0 Å². The van der Waals surface area contributed by atoms with Crippen LogP contribution in [-0.2, 0) is 9.05 Å². The fraction of sp³-hybridized carbons (Fsp3) is 0.400. The molecule has 1 aromatic rings. The number of thioether (sulfide) groups is 1. The van der Waals surface area contributed by atoms with Crippen LogP contribution < -0.4 is 4.52 Å². The predicted octanol–water partition coefficient (Wildman–Crippen LogP) is 4.00. The minimum absolute atomic E-state index is 0.710. The summed E-state index contributed by atoms with van der Waals surface area (Å²) in [5.74, 6) is 0.710. The van der Waals surface area contributed by atoms with E-state index in [4.69, 9.17) is 13.6 Å². The fourth-order valence-corrected chi connectivity index (χ4v) is 2.74. The molecule has 0 spiro atoms. The zero-order chi connectivity index (χ0) is 12.2. The van der Waals surface area contributed by atoms with E-state index in [1.54, 1.807) is 11.8 Å². The van der Waals surface area contributed by atoms with Crippen molar-refractivity contribution in [1.29, 1.82) is 0 Å². The first-order chi connectivity index (χ1) is 7.54. The van der Waals surface area contributed by atoms with Gasteiger partial charge >= 0.3 is 7.15 Å². The van der Waals surface area contributed by atoms with Crippen molar-refractivity contribution in [3.63, 3.8) is 0 Å². The number of thiol groups is 1. The first kappa shape index (κ1) is 14.1. The van der Waals surface area contributed by atoms with Crippen molar-refractivity contribution < 1.29 is 13.6 Å². The summed E-state index contributed by atoms with van der Waals surface area (Å²) in [6, 6.07) is 5.86. The average Bonchev–Trinajstić information content (AvgIpc) is 2.29. The van der Waals surface area contributed by atoms with Crippen molar-refractivity contribution in [2.75, 3.05) is 20.5 Å². The molecule has 0 aromatic heterocycles. The molecule has 0 atom stereocenters. The molecule has 0 saturated carbocycles. The maximum Gasteiger partial charge on any atom is 0.521 e. The third-order valence-electron chi connectivity index (χ3n) is 2.05. The molecule has 0 amide bonds. The second-order valence-electron chi connectivity index (χ2n) is 3.06. The van der Waals surface area contributed by atoms with Gasteiger partial charge in [-0.3, -0.25) is 4.52 Å². The molecule has 6 heteroatoms. The van der Waals surface area contributed by atoms with Crippen LogP contribution in [-0.4, -0.2) is 20.5 Å². The van der Waals surface area contributed by atoms with E-state index in [1.807, 2.05) is 31.4 Å². The molecule has 16 heavy (non-hydrogen) atoms. The Morgan fingerprint density at radius 1 is 1.25 bits per heavy atom. The minimum atomic E-state index is -2.51. The monoisotopic (exact) mass is 279 g/mol. The number of benzene rings is 1. The molecule has 0 saturated heterocycles. The molecule has 90 valence electrons. The molecule has 0 aliphatic carbocycles. The SMILES string of the molecule is CO[P+](S)(OC)Oc1ccc(SC)c(C)c1. The van der Waals surface area contributed by atoms with Gasteiger partial charge in [-0.1, -0.05) is 0 Å². The first-order valence-corrected chi connectivity index (χ1v) is 8.54. The van der Waals surface area contributed by atoms with Gasteiger partial charge in [-0.15, -0.1) is 11.8 Å². The molecule has 3 nitrogen and oxygen atoms in total. The van der Waals surface area contributed by atoms with Crippen molar-refractivity contribution in [3.8, 4) is 5.75 Å². The van der Waals surface area contributed by atoms with Crippen molar-refractivity contribution in [3.05, 3.63) is 23.8 Å². The van der Waals surface area contributed by atoms with Crippen LogP contribution in [0.4, 0.5) is 0 Å². The molecule has 1 rings (SSSR count). The topological polar surface area (TPSA) is 27.7 Å². The van der Waals surface area contributed by atoms with Gasteiger partial charge in [0.05, 0.1) is 14.2 Å². The molecular weight excluding hydrogens is 263 g/mol. The van der Waals surface area contributed by atoms with Gasteiger partial charge in [0.1, 0.15) is 12.2 Å². The van der Waals surface area contributed by atoms with Gasteiger partial charge in [0.2, 0.25) is 0 Å². The summed E-state index contributed by atoms with van der Waals surface area (Å²) >= 11 is 5.96. The molecule has 1 aromatic carbocycles. The fourth-order valence-electron chi connectivity index (χ4n) is 1.19. The van der Waals surface area contributed by atoms with Gasteiger partial charge in [-0.05, 0) is 36.9 Å². The molecule has 0 heterocycles. The second kappa shape index (κ2) is 6.12. The van der Waals surface area contributed by atoms with Gasteiger partial charge < -0.3 is 0 Å². The maximum atomic E-state index is 5.60. The summed E-state index contributed by atoms with van der Waals surface area (Å²) in [6.45, 7) is 2.04. The quantitative estimate of drug-likeness (QED) is 0.501. The summed E-state index contributed by atoms with van der Waals surface area (Å²) in [5.41, 5.74) is 1.16. The molecule has 0 aliphatic heterocycles. The molecule has 0 aliphatic rings. The summed E-state index contributed by atoms with van der Waals surface area (Å²) in [4.78, 5) is 1.23. The highest BCUT2D eigenvalue weighted by atomic mass is 32.7. The van der Waals surface area contributed by atoms with Crippen molar-refractivity contribution in [2.45, 2.75) is 11.8 Å². The molecule has 0 radical (unpaired) electrons. The van der Waals surface area contributed by atoms with Crippen LogP contribution >= 0.6 is 31.2 Å². The Labute approximate surface area is 107 Å². The number of rotatable bonds is 5. The average molecular weight is 279 g/mol. The standard InChI is InChI=1S/C10H16O3PS2/c1-8-7-9(5-6-10(8)16-4)13-14(15,11-2)12-3/h5-7,15H,1-4H3/q+1. The number of hydrogen-bond donors (Lipinski definition) is 1. The lowest BCUT2D eigenvalue weighted by Crippen LogP contribution is -2.00. The normalized spacial score (nSPS) is 11.6. The van der Waals surface area contributed by atoms with E-state index < -0.39 is 7.15 Å². The molecule has 0 bridgehead atoms. The lowest BCUT2D eigenvalue weighted by molar-refractivity contribution is 0.269. The largest absolute Gasteiger partial charge is 0.521 e. The van der Waals surface area contributed by atoms with Crippen LogP contribution in [0.2, 0.25) is 0 Å². The Morgan fingerprint density at radius 3 is 2.31 bits per heavy atom. The Bertz CT molecular complexity index is 356. The Morgan fingerprint density at radius 2 is 1.88 bits per heavy atom. The van der Waals surface area contributed by atoms with Crippen molar-refractivity contribution in [1.82, 2.24) is 0 Å². The number of hydrogen-bond acceptors (Lipinski definition) is 5. The Balaban J connectivity index is 2.86. The second-order valence-corrected chi connectivity index (χ2v) is 7.22. The van der Waals surface area contributed by atoms with E-state index in [-0.39, 0.29) is 0 Å². The van der Waals surface area contributed by atoms with E-state index in [9.17, 15) is 0 Å². The summed E-state index contributed by atoms with van der Waals surface area (Å²) in [7, 11) is 0.534. The summed E-state index contributed by atoms with van der Waals surface area (Å²) < 4.78 is 15.8. The van der Waals surface area contributed by atoms with Gasteiger partial charge in [0.25, 0.3) is 0 Å². The highest BCUT2D eigenvalue weighted by Crippen LogP contribution is 2.64. The molecule has 0 N–H and O–H groups in total. The first-order valence-electron chi connectivity index (χ1n) is 4.62. The lowest BCUT2D eigenvalue weighted by atomic mass is 10.2. The van der Waals surface area contributed by atoms with Crippen molar-refractivity contribution >= 4 is 31.2 Å². The van der Waals surface area contributed by atoms with E-state index in [1.165, 1.54) is 19.1 Å². The zero-order valence-electron chi connectivity index (χ0n) is 9.76. The highest BCUT2D eigenvalue weighted by Gasteiger charge is 2.40. The summed E-state index contributed by atoms with van der Waals surface area (Å²) in [6.07, 6.45) is 2.04. The molecular formula is C10H16O3PS2+. The van der Waals surface area contributed by atoms with Crippen LogP contribution in [0.25, 0.3) is 0 Å². The lowest BCUT2D eigenvalue weighted by Gasteiger charge is -2.13. The van der Waals surface area contributed by atoms with Crippen molar-refractivity contribution in [2.24, 2.45) is 0 Å².